The molecule has 80 valence electrons. The fraction of sp³-hybridized carbons (Fsp3) is 0.500. The first-order valence-corrected chi connectivity index (χ1v) is 5.08. The van der Waals surface area contributed by atoms with Crippen LogP contribution in [0.1, 0.15) is 18.9 Å². The quantitative estimate of drug-likeness (QED) is 0.667. The first-order valence-electron chi connectivity index (χ1n) is 5.08. The van der Waals surface area contributed by atoms with Crippen LogP contribution in [-0.4, -0.2) is 38.9 Å². The molecule has 1 saturated heterocycles. The van der Waals surface area contributed by atoms with Gasteiger partial charge in [0, 0.05) is 13.1 Å². The van der Waals surface area contributed by atoms with Crippen molar-refractivity contribution in [2.24, 2.45) is 0 Å². The lowest BCUT2D eigenvalue weighted by molar-refractivity contribution is -0.127. The summed E-state index contributed by atoms with van der Waals surface area (Å²) in [6, 6.07) is 0.206. The van der Waals surface area contributed by atoms with E-state index in [1.54, 1.807) is 22.1 Å². The van der Waals surface area contributed by atoms with Crippen molar-refractivity contribution in [2.75, 3.05) is 13.1 Å². The zero-order chi connectivity index (χ0) is 10.7. The Hall–Kier alpha value is -1.65. The minimum absolute atomic E-state index is 0.00754. The Labute approximate surface area is 88.4 Å². The number of piperidine rings is 1. The highest BCUT2D eigenvalue weighted by atomic mass is 16.2. The highest BCUT2D eigenvalue weighted by Gasteiger charge is 2.24. The molecule has 0 N–H and O–H groups in total. The van der Waals surface area contributed by atoms with Crippen LogP contribution in [0.25, 0.3) is 0 Å². The number of hydrogen-bond donors (Lipinski definition) is 0. The lowest BCUT2D eigenvalue weighted by Crippen LogP contribution is -2.40. The SMILES string of the molecule is C=CC(=O)N1CCCC(n2nccn2)C1. The smallest absolute Gasteiger partial charge is 0.246 e. The molecule has 2 rings (SSSR count). The highest BCUT2D eigenvalue weighted by Crippen LogP contribution is 2.19. The monoisotopic (exact) mass is 206 g/mol. The number of hydrogen-bond acceptors (Lipinski definition) is 3. The van der Waals surface area contributed by atoms with Gasteiger partial charge >= 0.3 is 0 Å². The lowest BCUT2D eigenvalue weighted by Gasteiger charge is -2.31. The molecule has 1 aliphatic heterocycles. The molecule has 1 amide bonds. The van der Waals surface area contributed by atoms with Gasteiger partial charge in [0.1, 0.15) is 0 Å². The number of nitrogens with zero attached hydrogens (tertiary/aromatic N) is 4. The summed E-state index contributed by atoms with van der Waals surface area (Å²) in [7, 11) is 0. The molecule has 15 heavy (non-hydrogen) atoms. The van der Waals surface area contributed by atoms with Gasteiger partial charge in [0.2, 0.25) is 5.91 Å². The van der Waals surface area contributed by atoms with Crippen LogP contribution in [0.4, 0.5) is 0 Å². The van der Waals surface area contributed by atoms with Crippen molar-refractivity contribution in [3.8, 4) is 0 Å². The van der Waals surface area contributed by atoms with Gasteiger partial charge in [-0.05, 0) is 18.9 Å². The van der Waals surface area contributed by atoms with Crippen LogP contribution in [0.15, 0.2) is 25.0 Å². The molecular formula is C10H14N4O. The summed E-state index contributed by atoms with van der Waals surface area (Å²) >= 11 is 0. The topological polar surface area (TPSA) is 51.0 Å². The largest absolute Gasteiger partial charge is 0.337 e. The second-order valence-electron chi connectivity index (χ2n) is 3.63. The molecule has 0 aromatic carbocycles. The van der Waals surface area contributed by atoms with Crippen LogP contribution in [0.2, 0.25) is 0 Å². The van der Waals surface area contributed by atoms with E-state index in [1.807, 2.05) is 0 Å². The van der Waals surface area contributed by atoms with E-state index < -0.39 is 0 Å². The van der Waals surface area contributed by atoms with Gasteiger partial charge in [0.25, 0.3) is 0 Å². The molecule has 1 fully saturated rings. The van der Waals surface area contributed by atoms with Crippen molar-refractivity contribution in [3.63, 3.8) is 0 Å². The molecule has 1 aliphatic rings. The number of rotatable bonds is 2. The standard InChI is InChI=1S/C10H14N4O/c1-2-10(15)13-7-3-4-9(8-13)14-11-5-6-12-14/h2,5-6,9H,1,3-4,7-8H2. The van der Waals surface area contributed by atoms with Crippen LogP contribution < -0.4 is 0 Å². The van der Waals surface area contributed by atoms with Crippen molar-refractivity contribution >= 4 is 5.91 Å². The van der Waals surface area contributed by atoms with Crippen molar-refractivity contribution in [1.82, 2.24) is 19.9 Å². The Morgan fingerprint density at radius 1 is 1.47 bits per heavy atom. The summed E-state index contributed by atoms with van der Waals surface area (Å²) < 4.78 is 0. The van der Waals surface area contributed by atoms with E-state index in [-0.39, 0.29) is 11.9 Å². The molecule has 1 atom stereocenters. The van der Waals surface area contributed by atoms with Crippen LogP contribution in [0.5, 0.6) is 0 Å². The van der Waals surface area contributed by atoms with Crippen molar-refractivity contribution in [3.05, 3.63) is 25.0 Å². The second-order valence-corrected chi connectivity index (χ2v) is 3.63. The van der Waals surface area contributed by atoms with Gasteiger partial charge in [-0.1, -0.05) is 6.58 Å². The average molecular weight is 206 g/mol. The number of amides is 1. The Balaban J connectivity index is 2.04. The summed E-state index contributed by atoms with van der Waals surface area (Å²) in [4.78, 5) is 14.9. The van der Waals surface area contributed by atoms with E-state index >= 15 is 0 Å². The summed E-state index contributed by atoms with van der Waals surface area (Å²) in [5, 5.41) is 8.20. The van der Waals surface area contributed by atoms with E-state index in [1.165, 1.54) is 6.08 Å². The van der Waals surface area contributed by atoms with E-state index in [2.05, 4.69) is 16.8 Å². The maximum Gasteiger partial charge on any atom is 0.246 e. The van der Waals surface area contributed by atoms with E-state index in [0.29, 0.717) is 6.54 Å². The van der Waals surface area contributed by atoms with E-state index in [4.69, 9.17) is 0 Å². The fourth-order valence-electron chi connectivity index (χ4n) is 1.89. The van der Waals surface area contributed by atoms with Gasteiger partial charge in [-0.2, -0.15) is 15.0 Å². The third kappa shape index (κ3) is 2.06. The van der Waals surface area contributed by atoms with Crippen molar-refractivity contribution in [1.29, 1.82) is 0 Å². The molecule has 0 aliphatic carbocycles. The molecule has 1 unspecified atom stereocenters. The van der Waals surface area contributed by atoms with Crippen LogP contribution in [0.3, 0.4) is 0 Å². The molecule has 1 aromatic rings. The number of likely N-dealkylation sites (tertiary alicyclic amines) is 1. The summed E-state index contributed by atoms with van der Waals surface area (Å²) in [6.45, 7) is 4.98. The molecule has 0 saturated carbocycles. The zero-order valence-corrected chi connectivity index (χ0v) is 8.54. The van der Waals surface area contributed by atoms with Gasteiger partial charge < -0.3 is 4.90 Å². The minimum atomic E-state index is -0.00754. The maximum absolute atomic E-state index is 11.4. The zero-order valence-electron chi connectivity index (χ0n) is 8.54. The predicted molar refractivity (Wildman–Crippen MR) is 55.1 cm³/mol. The van der Waals surface area contributed by atoms with Gasteiger partial charge in [-0.3, -0.25) is 4.79 Å². The predicted octanol–water partition coefficient (Wildman–Crippen LogP) is 0.628. The Bertz CT molecular complexity index is 346. The molecule has 5 heteroatoms. The van der Waals surface area contributed by atoms with Gasteiger partial charge in [0.15, 0.2) is 0 Å². The Morgan fingerprint density at radius 3 is 2.87 bits per heavy atom. The molecule has 5 nitrogen and oxygen atoms in total. The summed E-state index contributed by atoms with van der Waals surface area (Å²) in [5.41, 5.74) is 0. The van der Waals surface area contributed by atoms with Gasteiger partial charge in [0.05, 0.1) is 18.4 Å². The lowest BCUT2D eigenvalue weighted by atomic mass is 10.1. The third-order valence-corrected chi connectivity index (χ3v) is 2.65. The third-order valence-electron chi connectivity index (χ3n) is 2.65. The van der Waals surface area contributed by atoms with Crippen molar-refractivity contribution < 1.29 is 4.79 Å². The molecule has 1 aromatic heterocycles. The molecule has 0 spiro atoms. The first-order chi connectivity index (χ1) is 7.31. The molecule has 0 radical (unpaired) electrons. The number of aromatic nitrogens is 3. The number of carbonyl (C=O) groups excluding carboxylic acids is 1. The van der Waals surface area contributed by atoms with E-state index in [9.17, 15) is 4.79 Å². The van der Waals surface area contributed by atoms with Gasteiger partial charge in [-0.25, -0.2) is 0 Å². The van der Waals surface area contributed by atoms with Crippen LogP contribution >= 0.6 is 0 Å². The van der Waals surface area contributed by atoms with E-state index in [0.717, 1.165) is 19.4 Å². The van der Waals surface area contributed by atoms with Crippen LogP contribution in [0, 0.1) is 0 Å². The Morgan fingerprint density at radius 2 is 2.20 bits per heavy atom. The first kappa shape index (κ1) is 9.89. The fourth-order valence-corrected chi connectivity index (χ4v) is 1.89. The average Bonchev–Trinajstić information content (AvgIpc) is 2.82. The molecule has 2 heterocycles. The number of carbonyl (C=O) groups is 1. The molecule has 0 bridgehead atoms. The minimum Gasteiger partial charge on any atom is -0.337 e. The normalized spacial score (nSPS) is 21.3. The van der Waals surface area contributed by atoms with Crippen LogP contribution in [-0.2, 0) is 4.79 Å². The molecular weight excluding hydrogens is 192 g/mol. The Kier molecular flexibility index (Phi) is 2.80. The highest BCUT2D eigenvalue weighted by molar-refractivity contribution is 5.87. The van der Waals surface area contributed by atoms with Gasteiger partial charge in [-0.15, -0.1) is 0 Å². The summed E-state index contributed by atoms with van der Waals surface area (Å²) in [5.74, 6) is -0.00754. The summed E-state index contributed by atoms with van der Waals surface area (Å²) in [6.07, 6.45) is 6.70. The van der Waals surface area contributed by atoms with Crippen molar-refractivity contribution in [2.45, 2.75) is 18.9 Å². The maximum atomic E-state index is 11.4. The second kappa shape index (κ2) is 4.25.